The third kappa shape index (κ3) is 5.56. The van der Waals surface area contributed by atoms with E-state index in [9.17, 15) is 13.2 Å². The zero-order valence-electron chi connectivity index (χ0n) is 14.4. The number of carboxylic acid groups (broad SMARTS) is 1. The Morgan fingerprint density at radius 3 is 2.59 bits per heavy atom. The SMILES string of the molecule is Cc1cnc(NCc2ccoc2)nc1-c1ccnn1C.O=C(O)C(F)(F)F. The number of alkyl halides is 3. The Labute approximate surface area is 151 Å². The van der Waals surface area contributed by atoms with Crippen molar-refractivity contribution >= 4 is 11.9 Å². The minimum atomic E-state index is -5.08. The summed E-state index contributed by atoms with van der Waals surface area (Å²) in [4.78, 5) is 17.8. The number of aryl methyl sites for hydroxylation is 2. The van der Waals surface area contributed by atoms with Crippen LogP contribution in [0.4, 0.5) is 19.1 Å². The molecule has 0 aromatic carbocycles. The molecule has 27 heavy (non-hydrogen) atoms. The van der Waals surface area contributed by atoms with E-state index in [1.807, 2.05) is 32.3 Å². The van der Waals surface area contributed by atoms with Crippen LogP contribution >= 0.6 is 0 Å². The molecule has 0 amide bonds. The van der Waals surface area contributed by atoms with E-state index >= 15 is 0 Å². The average molecular weight is 383 g/mol. The number of furan rings is 1. The van der Waals surface area contributed by atoms with E-state index in [4.69, 9.17) is 14.3 Å². The van der Waals surface area contributed by atoms with Crippen molar-refractivity contribution in [1.82, 2.24) is 19.7 Å². The summed E-state index contributed by atoms with van der Waals surface area (Å²) in [6.07, 6.45) is 1.83. The molecule has 8 nitrogen and oxygen atoms in total. The summed E-state index contributed by atoms with van der Waals surface area (Å²) >= 11 is 0. The third-order valence-corrected chi connectivity index (χ3v) is 3.31. The van der Waals surface area contributed by atoms with E-state index in [2.05, 4.69) is 20.4 Å². The van der Waals surface area contributed by atoms with Gasteiger partial charge in [-0.25, -0.2) is 14.8 Å². The van der Waals surface area contributed by atoms with Crippen molar-refractivity contribution in [3.8, 4) is 11.4 Å². The van der Waals surface area contributed by atoms with Gasteiger partial charge in [0.05, 0.1) is 23.9 Å². The van der Waals surface area contributed by atoms with E-state index in [0.29, 0.717) is 12.5 Å². The van der Waals surface area contributed by atoms with Crippen molar-refractivity contribution < 1.29 is 27.5 Å². The average Bonchev–Trinajstić information content (AvgIpc) is 3.25. The maximum Gasteiger partial charge on any atom is 0.490 e. The van der Waals surface area contributed by atoms with Gasteiger partial charge in [0, 0.05) is 31.5 Å². The standard InChI is InChI=1S/C14H15N5O.C2HF3O2/c1-10-7-15-14(16-8-11-4-6-20-9-11)18-13(10)12-3-5-17-19(12)2;3-2(4,5)1(6)7/h3-7,9H,8H2,1-2H3,(H,15,16,18);(H,6,7). The van der Waals surface area contributed by atoms with Gasteiger partial charge in [-0.05, 0) is 24.6 Å². The van der Waals surface area contributed by atoms with Gasteiger partial charge in [0.15, 0.2) is 0 Å². The summed E-state index contributed by atoms with van der Waals surface area (Å²) in [5, 5.41) is 14.5. The number of hydrogen-bond acceptors (Lipinski definition) is 6. The first-order valence-corrected chi connectivity index (χ1v) is 7.55. The van der Waals surface area contributed by atoms with Crippen LogP contribution in [-0.2, 0) is 18.4 Å². The van der Waals surface area contributed by atoms with Crippen LogP contribution in [0.3, 0.4) is 0 Å². The van der Waals surface area contributed by atoms with Crippen LogP contribution in [0.25, 0.3) is 11.4 Å². The van der Waals surface area contributed by atoms with Crippen molar-refractivity contribution in [3.05, 3.63) is 48.2 Å². The zero-order chi connectivity index (χ0) is 20.0. The molecule has 3 heterocycles. The first-order chi connectivity index (χ1) is 12.7. The minimum absolute atomic E-state index is 0.591. The largest absolute Gasteiger partial charge is 0.490 e. The summed E-state index contributed by atoms with van der Waals surface area (Å²) in [6.45, 7) is 2.62. The summed E-state index contributed by atoms with van der Waals surface area (Å²) in [7, 11) is 1.90. The Morgan fingerprint density at radius 2 is 2.07 bits per heavy atom. The molecule has 0 atom stereocenters. The predicted molar refractivity (Wildman–Crippen MR) is 88.7 cm³/mol. The van der Waals surface area contributed by atoms with Gasteiger partial charge in [0.25, 0.3) is 0 Å². The number of carbonyl (C=O) groups is 1. The molecule has 3 aromatic heterocycles. The Morgan fingerprint density at radius 1 is 1.37 bits per heavy atom. The Kier molecular flexibility index (Phi) is 6.16. The van der Waals surface area contributed by atoms with Crippen LogP contribution in [0.1, 0.15) is 11.1 Å². The highest BCUT2D eigenvalue weighted by Gasteiger charge is 2.38. The first kappa shape index (κ1) is 19.9. The number of carboxylic acids is 1. The highest BCUT2D eigenvalue weighted by atomic mass is 19.4. The summed E-state index contributed by atoms with van der Waals surface area (Å²) in [6, 6.07) is 3.85. The van der Waals surface area contributed by atoms with Gasteiger partial charge in [0.1, 0.15) is 0 Å². The summed E-state index contributed by atoms with van der Waals surface area (Å²) in [5.41, 5.74) is 3.92. The predicted octanol–water partition coefficient (Wildman–Crippen LogP) is 3.02. The Balaban J connectivity index is 0.000000321. The molecule has 3 rings (SSSR count). The number of aliphatic carboxylic acids is 1. The van der Waals surface area contributed by atoms with Gasteiger partial charge in [-0.3, -0.25) is 4.68 Å². The van der Waals surface area contributed by atoms with E-state index in [0.717, 1.165) is 22.5 Å². The molecule has 0 saturated heterocycles. The van der Waals surface area contributed by atoms with Gasteiger partial charge < -0.3 is 14.8 Å². The van der Waals surface area contributed by atoms with Gasteiger partial charge in [-0.1, -0.05) is 0 Å². The second-order valence-corrected chi connectivity index (χ2v) is 5.35. The number of rotatable bonds is 4. The number of hydrogen-bond donors (Lipinski definition) is 2. The first-order valence-electron chi connectivity index (χ1n) is 7.55. The van der Waals surface area contributed by atoms with Crippen LogP contribution in [0.5, 0.6) is 0 Å². The minimum Gasteiger partial charge on any atom is -0.475 e. The van der Waals surface area contributed by atoms with Crippen molar-refractivity contribution in [2.45, 2.75) is 19.6 Å². The molecule has 0 radical (unpaired) electrons. The number of nitrogens with one attached hydrogen (secondary N) is 1. The second kappa shape index (κ2) is 8.34. The number of aromatic nitrogens is 4. The molecule has 2 N–H and O–H groups in total. The lowest BCUT2D eigenvalue weighted by molar-refractivity contribution is -0.192. The molecular formula is C16H16F3N5O3. The molecule has 0 bridgehead atoms. The maximum atomic E-state index is 10.6. The summed E-state index contributed by atoms with van der Waals surface area (Å²) in [5.74, 6) is -2.17. The van der Waals surface area contributed by atoms with Gasteiger partial charge in [-0.2, -0.15) is 18.3 Å². The third-order valence-electron chi connectivity index (χ3n) is 3.31. The molecule has 0 spiro atoms. The quantitative estimate of drug-likeness (QED) is 0.713. The lowest BCUT2D eigenvalue weighted by Crippen LogP contribution is -2.21. The molecule has 0 aliphatic rings. The molecule has 144 valence electrons. The van der Waals surface area contributed by atoms with Crippen molar-refractivity contribution in [2.75, 3.05) is 5.32 Å². The zero-order valence-corrected chi connectivity index (χ0v) is 14.4. The fourth-order valence-corrected chi connectivity index (χ4v) is 1.97. The molecule has 11 heteroatoms. The van der Waals surface area contributed by atoms with Crippen molar-refractivity contribution in [1.29, 1.82) is 0 Å². The van der Waals surface area contributed by atoms with E-state index < -0.39 is 12.1 Å². The molecule has 0 saturated carbocycles. The fourth-order valence-electron chi connectivity index (χ4n) is 1.97. The molecule has 0 unspecified atom stereocenters. The van der Waals surface area contributed by atoms with E-state index in [1.165, 1.54) is 0 Å². The monoisotopic (exact) mass is 383 g/mol. The number of nitrogens with zero attached hydrogens (tertiary/aromatic N) is 4. The van der Waals surface area contributed by atoms with Crippen LogP contribution in [0.2, 0.25) is 0 Å². The maximum absolute atomic E-state index is 10.6. The lowest BCUT2D eigenvalue weighted by atomic mass is 10.2. The molecule has 0 aliphatic heterocycles. The fraction of sp³-hybridized carbons (Fsp3) is 0.250. The Hall–Kier alpha value is -3.37. The van der Waals surface area contributed by atoms with Crippen LogP contribution in [0.15, 0.2) is 41.5 Å². The number of anilines is 1. The lowest BCUT2D eigenvalue weighted by Gasteiger charge is -2.08. The number of halogens is 3. The highest BCUT2D eigenvalue weighted by molar-refractivity contribution is 5.73. The van der Waals surface area contributed by atoms with Crippen LogP contribution in [-0.4, -0.2) is 37.0 Å². The normalized spacial score (nSPS) is 10.9. The van der Waals surface area contributed by atoms with Gasteiger partial charge in [0.2, 0.25) is 5.95 Å². The highest BCUT2D eigenvalue weighted by Crippen LogP contribution is 2.20. The smallest absolute Gasteiger partial charge is 0.475 e. The molecular weight excluding hydrogens is 367 g/mol. The second-order valence-electron chi connectivity index (χ2n) is 5.35. The molecule has 3 aromatic rings. The summed E-state index contributed by atoms with van der Waals surface area (Å²) < 4.78 is 38.6. The van der Waals surface area contributed by atoms with Crippen LogP contribution < -0.4 is 5.32 Å². The van der Waals surface area contributed by atoms with Crippen LogP contribution in [0, 0.1) is 6.92 Å². The molecule has 0 fully saturated rings. The van der Waals surface area contributed by atoms with Crippen molar-refractivity contribution in [3.63, 3.8) is 0 Å². The molecule has 0 aliphatic carbocycles. The van der Waals surface area contributed by atoms with E-state index in [-0.39, 0.29) is 0 Å². The van der Waals surface area contributed by atoms with Gasteiger partial charge in [-0.15, -0.1) is 0 Å². The van der Waals surface area contributed by atoms with Gasteiger partial charge >= 0.3 is 12.1 Å². The van der Waals surface area contributed by atoms with E-state index in [1.54, 1.807) is 23.4 Å². The Bertz CT molecular complexity index is 891. The van der Waals surface area contributed by atoms with Crippen molar-refractivity contribution in [2.24, 2.45) is 7.05 Å². The topological polar surface area (TPSA) is 106 Å².